The van der Waals surface area contributed by atoms with Crippen molar-refractivity contribution >= 4 is 24.7 Å². The molecule has 112 valence electrons. The third-order valence-corrected chi connectivity index (χ3v) is 9.72. The van der Waals surface area contributed by atoms with E-state index >= 15 is 0 Å². The molecule has 0 atom stereocenters. The number of nitrogens with zero attached hydrogens (tertiary/aromatic N) is 1. The summed E-state index contributed by atoms with van der Waals surface area (Å²) in [5, 5.41) is 0. The van der Waals surface area contributed by atoms with E-state index in [1.54, 1.807) is 0 Å². The van der Waals surface area contributed by atoms with Crippen molar-refractivity contribution in [2.45, 2.75) is 5.51 Å². The van der Waals surface area contributed by atoms with Crippen molar-refractivity contribution in [2.75, 3.05) is 39.5 Å². The van der Waals surface area contributed by atoms with Crippen molar-refractivity contribution in [1.29, 1.82) is 0 Å². The molecule has 0 aromatic carbocycles. The van der Waals surface area contributed by atoms with Crippen LogP contribution < -0.4 is 0 Å². The molecule has 0 spiro atoms. The van der Waals surface area contributed by atoms with Gasteiger partial charge in [-0.25, -0.2) is 0 Å². The first-order valence-corrected chi connectivity index (χ1v) is 10.2. The zero-order valence-electron chi connectivity index (χ0n) is 9.68. The van der Waals surface area contributed by atoms with E-state index in [9.17, 15) is 21.6 Å². The minimum atomic E-state index is -5.79. The van der Waals surface area contributed by atoms with Crippen molar-refractivity contribution < 1.29 is 36.1 Å². The zero-order chi connectivity index (χ0) is 14.1. The third kappa shape index (κ3) is 3.59. The van der Waals surface area contributed by atoms with Crippen molar-refractivity contribution in [3.63, 3.8) is 0 Å². The van der Waals surface area contributed by atoms with Crippen LogP contribution in [0.25, 0.3) is 0 Å². The van der Waals surface area contributed by atoms with E-state index in [4.69, 9.17) is 11.3 Å². The molecule has 7 nitrogen and oxygen atoms in total. The molecule has 3 aliphatic rings. The monoisotopic (exact) mass is 369 g/mol. The molecule has 3 saturated heterocycles. The molecule has 0 aromatic heterocycles. The summed E-state index contributed by atoms with van der Waals surface area (Å²) in [7, 11) is -5.79. The van der Waals surface area contributed by atoms with Gasteiger partial charge in [-0.1, -0.05) is 0 Å². The van der Waals surface area contributed by atoms with Gasteiger partial charge in [-0.3, -0.25) is 0 Å². The Hall–Kier alpha value is 0.0829. The van der Waals surface area contributed by atoms with E-state index in [0.29, 0.717) is 19.6 Å². The van der Waals surface area contributed by atoms with Gasteiger partial charge in [0, 0.05) is 0 Å². The summed E-state index contributed by atoms with van der Waals surface area (Å²) in [6.45, 7) is 1.42. The minimum absolute atomic E-state index is 0.00732. The Labute approximate surface area is 111 Å². The van der Waals surface area contributed by atoms with Crippen LogP contribution in [0.5, 0.6) is 0 Å². The molecule has 0 saturated carbocycles. The van der Waals surface area contributed by atoms with Crippen LogP contribution in [0.1, 0.15) is 0 Å². The van der Waals surface area contributed by atoms with E-state index in [0.717, 1.165) is 0 Å². The van der Waals surface area contributed by atoms with Gasteiger partial charge in [-0.2, -0.15) is 0 Å². The fourth-order valence-electron chi connectivity index (χ4n) is 1.61. The molecule has 0 amide bonds. The maximum absolute atomic E-state index is 12.3. The van der Waals surface area contributed by atoms with Crippen LogP contribution in [0.3, 0.4) is 0 Å². The van der Waals surface area contributed by atoms with Crippen LogP contribution in [0.2, 0.25) is 0 Å². The fraction of sp³-hybridized carbons (Fsp3) is 1.00. The molecule has 0 aromatic rings. The molecule has 0 unspecified atom stereocenters. The van der Waals surface area contributed by atoms with E-state index in [-0.39, 0.29) is 19.8 Å². The Morgan fingerprint density at radius 3 is 1.79 bits per heavy atom. The van der Waals surface area contributed by atoms with Crippen LogP contribution in [-0.2, 0) is 24.6 Å². The second-order valence-corrected chi connectivity index (χ2v) is 10.4. The summed E-state index contributed by atoms with van der Waals surface area (Å²) in [5.41, 5.74) is -5.53. The van der Waals surface area contributed by atoms with Crippen molar-refractivity contribution in [1.82, 2.24) is 4.90 Å². The van der Waals surface area contributed by atoms with Crippen LogP contribution in [0, 0.1) is 0 Å². The van der Waals surface area contributed by atoms with E-state index in [2.05, 4.69) is 3.21 Å². The summed E-state index contributed by atoms with van der Waals surface area (Å²) in [6, 6.07) is 0. The Bertz CT molecular complexity index is 403. The number of rotatable bonds is 2. The summed E-state index contributed by atoms with van der Waals surface area (Å²) >= 11 is -4.89. The van der Waals surface area contributed by atoms with E-state index in [1.807, 2.05) is 4.90 Å². The predicted octanol–water partition coefficient (Wildman–Crippen LogP) is -0.333. The van der Waals surface area contributed by atoms with E-state index in [1.165, 1.54) is 0 Å². The van der Waals surface area contributed by atoms with Crippen molar-refractivity contribution in [3.05, 3.63) is 0 Å². The number of hydrogen-bond acceptors (Lipinski definition) is 7. The molecule has 0 radical (unpaired) electrons. The molecule has 3 heterocycles. The van der Waals surface area contributed by atoms with Crippen LogP contribution in [0.4, 0.5) is 13.2 Å². The number of halogens is 3. The Morgan fingerprint density at radius 2 is 1.42 bits per heavy atom. The van der Waals surface area contributed by atoms with Gasteiger partial charge in [0.1, 0.15) is 0 Å². The molecular formula is C7H12F3GeNO6S. The van der Waals surface area contributed by atoms with Crippen molar-refractivity contribution in [2.24, 2.45) is 0 Å². The Balaban J connectivity index is 2.19. The molecule has 3 rings (SSSR count). The summed E-state index contributed by atoms with van der Waals surface area (Å²) < 4.78 is 78.5. The summed E-state index contributed by atoms with van der Waals surface area (Å²) in [6.07, 6.45) is 0. The van der Waals surface area contributed by atoms with Crippen LogP contribution in [-0.4, -0.2) is 72.9 Å². The van der Waals surface area contributed by atoms with Gasteiger partial charge >= 0.3 is 111 Å². The molecule has 12 heteroatoms. The fourth-order valence-corrected chi connectivity index (χ4v) is 7.99. The van der Waals surface area contributed by atoms with Gasteiger partial charge in [-0.15, -0.1) is 0 Å². The first-order chi connectivity index (χ1) is 8.74. The first kappa shape index (κ1) is 15.5. The topological polar surface area (TPSA) is 74.3 Å². The van der Waals surface area contributed by atoms with Gasteiger partial charge in [0.05, 0.1) is 0 Å². The quantitative estimate of drug-likeness (QED) is 0.488. The van der Waals surface area contributed by atoms with Gasteiger partial charge < -0.3 is 0 Å². The molecule has 0 aliphatic carbocycles. The zero-order valence-corrected chi connectivity index (χ0v) is 12.6. The molecule has 19 heavy (non-hydrogen) atoms. The average Bonchev–Trinajstić information content (AvgIpc) is 2.17. The van der Waals surface area contributed by atoms with Gasteiger partial charge in [-0.05, 0) is 0 Å². The van der Waals surface area contributed by atoms with Crippen LogP contribution in [0.15, 0.2) is 0 Å². The SMILES string of the molecule is O=S(=O)([O][Ge]12[O]CCN(CC[O]1)CC[O]2)C(F)(F)F. The summed E-state index contributed by atoms with van der Waals surface area (Å²) in [5.74, 6) is 0. The number of alkyl halides is 3. The number of fused-ring (bicyclic) bond motifs is 6. The maximum atomic E-state index is 12.3. The van der Waals surface area contributed by atoms with Crippen molar-refractivity contribution in [3.8, 4) is 0 Å². The normalized spacial score (nSPS) is 33.5. The molecular weight excluding hydrogens is 356 g/mol. The predicted molar refractivity (Wildman–Crippen MR) is 56.1 cm³/mol. The average molecular weight is 368 g/mol. The van der Waals surface area contributed by atoms with Gasteiger partial charge in [0.2, 0.25) is 0 Å². The molecule has 2 bridgehead atoms. The Morgan fingerprint density at radius 1 is 1.00 bits per heavy atom. The van der Waals surface area contributed by atoms with Crippen LogP contribution >= 0.6 is 0 Å². The second kappa shape index (κ2) is 5.46. The molecule has 3 aliphatic heterocycles. The third-order valence-electron chi connectivity index (χ3n) is 2.55. The van der Waals surface area contributed by atoms with Gasteiger partial charge in [0.15, 0.2) is 0 Å². The number of hydrogen-bond donors (Lipinski definition) is 0. The molecule has 3 fully saturated rings. The molecule has 0 N–H and O–H groups in total. The Kier molecular flexibility index (Phi) is 4.45. The van der Waals surface area contributed by atoms with E-state index < -0.39 is 30.2 Å². The first-order valence-electron chi connectivity index (χ1n) is 5.40. The standard InChI is InChI=1S/C7H12F3GeNO6S/c8-7(9,10)19(13,14)18-11-15-4-1-12(2-5-16-11)3-6-17-11/h1-6H2. The summed E-state index contributed by atoms with van der Waals surface area (Å²) in [4.78, 5) is 1.93. The second-order valence-electron chi connectivity index (χ2n) is 3.87. The van der Waals surface area contributed by atoms with Gasteiger partial charge in [0.25, 0.3) is 0 Å².